The molecule has 1 N–H and O–H groups in total. The van der Waals surface area contributed by atoms with E-state index in [9.17, 15) is 9.59 Å². The predicted octanol–water partition coefficient (Wildman–Crippen LogP) is 2.23. The molecule has 1 unspecified atom stereocenters. The number of carbonyl (C=O) groups is 2. The summed E-state index contributed by atoms with van der Waals surface area (Å²) in [6.07, 6.45) is 3.50. The van der Waals surface area contributed by atoms with E-state index in [2.05, 4.69) is 5.32 Å². The lowest BCUT2D eigenvalue weighted by Gasteiger charge is -2.42. The second-order valence-corrected chi connectivity index (χ2v) is 6.31. The minimum Gasteiger partial charge on any atom is -0.466 e. The molecule has 21 heavy (non-hydrogen) atoms. The SMILES string of the molecule is Cc1cc(C(C)N2CC(=O)NC3(CCCC3)C2=O)c(C)o1. The molecule has 3 rings (SSSR count). The van der Waals surface area contributed by atoms with Crippen molar-refractivity contribution >= 4 is 11.8 Å². The summed E-state index contributed by atoms with van der Waals surface area (Å²) in [6, 6.07) is 1.82. The van der Waals surface area contributed by atoms with E-state index in [0.29, 0.717) is 0 Å². The summed E-state index contributed by atoms with van der Waals surface area (Å²) in [6.45, 7) is 5.90. The fourth-order valence-electron chi connectivity index (χ4n) is 3.72. The van der Waals surface area contributed by atoms with Crippen molar-refractivity contribution in [3.8, 4) is 0 Å². The van der Waals surface area contributed by atoms with Gasteiger partial charge in [-0.15, -0.1) is 0 Å². The molecular weight excluding hydrogens is 268 g/mol. The first-order valence-corrected chi connectivity index (χ1v) is 7.62. The lowest BCUT2D eigenvalue weighted by molar-refractivity contribution is -0.152. The molecule has 1 aromatic rings. The topological polar surface area (TPSA) is 62.6 Å². The Kier molecular flexibility index (Phi) is 3.30. The summed E-state index contributed by atoms with van der Waals surface area (Å²) < 4.78 is 5.57. The van der Waals surface area contributed by atoms with E-state index < -0.39 is 5.54 Å². The number of carbonyl (C=O) groups excluding carboxylic acids is 2. The molecule has 0 bridgehead atoms. The molecule has 2 amide bonds. The zero-order valence-corrected chi connectivity index (χ0v) is 12.9. The van der Waals surface area contributed by atoms with Gasteiger partial charge in [0.25, 0.3) is 0 Å². The summed E-state index contributed by atoms with van der Waals surface area (Å²) in [5.74, 6) is 1.66. The van der Waals surface area contributed by atoms with Crippen LogP contribution in [0.25, 0.3) is 0 Å². The van der Waals surface area contributed by atoms with Crippen molar-refractivity contribution in [3.63, 3.8) is 0 Å². The molecule has 1 aliphatic heterocycles. The third-order valence-corrected chi connectivity index (χ3v) is 4.82. The van der Waals surface area contributed by atoms with Gasteiger partial charge in [0.1, 0.15) is 23.6 Å². The zero-order valence-electron chi connectivity index (χ0n) is 12.9. The largest absolute Gasteiger partial charge is 0.466 e. The number of nitrogens with one attached hydrogen (secondary N) is 1. The van der Waals surface area contributed by atoms with Gasteiger partial charge < -0.3 is 14.6 Å². The van der Waals surface area contributed by atoms with Gasteiger partial charge in [-0.25, -0.2) is 0 Å². The Balaban J connectivity index is 1.91. The second-order valence-electron chi connectivity index (χ2n) is 6.31. The first-order chi connectivity index (χ1) is 9.93. The van der Waals surface area contributed by atoms with Crippen LogP contribution in [0.1, 0.15) is 55.7 Å². The summed E-state index contributed by atoms with van der Waals surface area (Å²) in [7, 11) is 0. The highest BCUT2D eigenvalue weighted by molar-refractivity contribution is 5.98. The van der Waals surface area contributed by atoms with E-state index in [1.54, 1.807) is 4.90 Å². The maximum Gasteiger partial charge on any atom is 0.249 e. The van der Waals surface area contributed by atoms with Crippen LogP contribution in [0.3, 0.4) is 0 Å². The van der Waals surface area contributed by atoms with Crippen molar-refractivity contribution < 1.29 is 14.0 Å². The quantitative estimate of drug-likeness (QED) is 0.908. The van der Waals surface area contributed by atoms with Gasteiger partial charge in [0.05, 0.1) is 6.04 Å². The Hall–Kier alpha value is -1.78. The lowest BCUT2D eigenvalue weighted by Crippen LogP contribution is -2.65. The lowest BCUT2D eigenvalue weighted by atomic mass is 9.91. The van der Waals surface area contributed by atoms with Crippen molar-refractivity contribution in [3.05, 3.63) is 23.2 Å². The monoisotopic (exact) mass is 290 g/mol. The molecule has 1 aliphatic carbocycles. The Morgan fingerprint density at radius 3 is 2.52 bits per heavy atom. The normalized spacial score (nSPS) is 22.7. The van der Waals surface area contributed by atoms with Crippen LogP contribution in [0.15, 0.2) is 10.5 Å². The molecule has 1 spiro atoms. The Bertz CT molecular complexity index is 584. The summed E-state index contributed by atoms with van der Waals surface area (Å²) in [5.41, 5.74) is 0.333. The first-order valence-electron chi connectivity index (χ1n) is 7.62. The van der Waals surface area contributed by atoms with Crippen LogP contribution < -0.4 is 5.32 Å². The van der Waals surface area contributed by atoms with Crippen LogP contribution in [-0.2, 0) is 9.59 Å². The molecule has 5 nitrogen and oxygen atoms in total. The number of furan rings is 1. The predicted molar refractivity (Wildman–Crippen MR) is 77.7 cm³/mol. The van der Waals surface area contributed by atoms with Crippen molar-refractivity contribution in [2.75, 3.05) is 6.54 Å². The van der Waals surface area contributed by atoms with E-state index in [-0.39, 0.29) is 24.4 Å². The number of piperazine rings is 1. The smallest absolute Gasteiger partial charge is 0.249 e. The Morgan fingerprint density at radius 2 is 1.95 bits per heavy atom. The van der Waals surface area contributed by atoms with Gasteiger partial charge in [0.2, 0.25) is 11.8 Å². The fourth-order valence-corrected chi connectivity index (χ4v) is 3.72. The van der Waals surface area contributed by atoms with Crippen molar-refractivity contribution in [2.45, 2.75) is 58.0 Å². The van der Waals surface area contributed by atoms with Gasteiger partial charge in [-0.05, 0) is 39.7 Å². The average Bonchev–Trinajstić information content (AvgIpc) is 3.01. The zero-order chi connectivity index (χ0) is 15.2. The Labute approximate surface area is 124 Å². The van der Waals surface area contributed by atoms with Gasteiger partial charge >= 0.3 is 0 Å². The highest BCUT2D eigenvalue weighted by Crippen LogP contribution is 2.37. The highest BCUT2D eigenvalue weighted by Gasteiger charge is 2.49. The van der Waals surface area contributed by atoms with Crippen LogP contribution >= 0.6 is 0 Å². The molecule has 1 saturated carbocycles. The van der Waals surface area contributed by atoms with Crippen LogP contribution in [0.4, 0.5) is 0 Å². The first kappa shape index (κ1) is 14.2. The molecule has 5 heteroatoms. The van der Waals surface area contributed by atoms with Crippen LogP contribution in [0.5, 0.6) is 0 Å². The number of rotatable bonds is 2. The maximum atomic E-state index is 12.9. The maximum absolute atomic E-state index is 12.9. The number of hydrogen-bond donors (Lipinski definition) is 1. The molecule has 2 heterocycles. The third-order valence-electron chi connectivity index (χ3n) is 4.82. The molecule has 1 atom stereocenters. The van der Waals surface area contributed by atoms with Crippen LogP contribution in [-0.4, -0.2) is 28.8 Å². The number of aryl methyl sites for hydroxylation is 2. The van der Waals surface area contributed by atoms with E-state index >= 15 is 0 Å². The van der Waals surface area contributed by atoms with Gasteiger partial charge in [-0.1, -0.05) is 12.8 Å². The molecule has 0 radical (unpaired) electrons. The van der Waals surface area contributed by atoms with Gasteiger partial charge in [-0.2, -0.15) is 0 Å². The van der Waals surface area contributed by atoms with Crippen LogP contribution in [0.2, 0.25) is 0 Å². The molecule has 2 fully saturated rings. The molecule has 1 saturated heterocycles. The second kappa shape index (κ2) is 4.90. The van der Waals surface area contributed by atoms with Crippen molar-refractivity contribution in [1.29, 1.82) is 0 Å². The van der Waals surface area contributed by atoms with Gasteiger partial charge in [0, 0.05) is 5.56 Å². The molecule has 114 valence electrons. The highest BCUT2D eigenvalue weighted by atomic mass is 16.3. The van der Waals surface area contributed by atoms with Crippen molar-refractivity contribution in [1.82, 2.24) is 10.2 Å². The molecular formula is C16H22N2O3. The summed E-state index contributed by atoms with van der Waals surface area (Å²) in [4.78, 5) is 26.7. The van der Waals surface area contributed by atoms with Crippen molar-refractivity contribution in [2.24, 2.45) is 0 Å². The minimum absolute atomic E-state index is 0.0544. The molecule has 2 aliphatic rings. The minimum atomic E-state index is -0.656. The molecule has 0 aromatic carbocycles. The molecule has 1 aromatic heterocycles. The average molecular weight is 290 g/mol. The van der Waals surface area contributed by atoms with E-state index in [1.165, 1.54) is 0 Å². The summed E-state index contributed by atoms with van der Waals surface area (Å²) in [5, 5.41) is 2.94. The van der Waals surface area contributed by atoms with E-state index in [4.69, 9.17) is 4.42 Å². The van der Waals surface area contributed by atoms with E-state index in [0.717, 1.165) is 42.8 Å². The van der Waals surface area contributed by atoms with Gasteiger partial charge in [0.15, 0.2) is 0 Å². The van der Waals surface area contributed by atoms with Crippen LogP contribution in [0, 0.1) is 13.8 Å². The third kappa shape index (κ3) is 2.24. The number of nitrogens with zero attached hydrogens (tertiary/aromatic N) is 1. The Morgan fingerprint density at radius 1 is 1.29 bits per heavy atom. The van der Waals surface area contributed by atoms with Gasteiger partial charge in [-0.3, -0.25) is 9.59 Å². The number of hydrogen-bond acceptors (Lipinski definition) is 3. The standard InChI is InChI=1S/C16H22N2O3/c1-10-8-13(12(3)21-10)11(2)18-9-14(19)17-16(15(18)20)6-4-5-7-16/h8,11H,4-7,9H2,1-3H3,(H,17,19). The fraction of sp³-hybridized carbons (Fsp3) is 0.625. The number of amides is 2. The summed E-state index contributed by atoms with van der Waals surface area (Å²) >= 11 is 0. The van der Waals surface area contributed by atoms with E-state index in [1.807, 2.05) is 26.8 Å².